The fourth-order valence-electron chi connectivity index (χ4n) is 1.50. The fraction of sp³-hybridized carbons (Fsp3) is 1.00. The van der Waals surface area contributed by atoms with Gasteiger partial charge in [0, 0.05) is 0 Å². The minimum atomic E-state index is -2.71. The lowest BCUT2D eigenvalue weighted by atomic mass is 10.2. The van der Waals surface area contributed by atoms with Crippen molar-refractivity contribution in [2.24, 2.45) is 0 Å². The van der Waals surface area contributed by atoms with Gasteiger partial charge in [0.15, 0.2) is 9.84 Å². The summed E-state index contributed by atoms with van der Waals surface area (Å²) in [5.74, 6) is 0.359. The number of hydrogen-bond acceptors (Lipinski definition) is 2. The first-order valence-electron chi connectivity index (χ1n) is 3.78. The van der Waals surface area contributed by atoms with Gasteiger partial charge in [0.2, 0.25) is 0 Å². The molecule has 0 bridgehead atoms. The largest absolute Gasteiger partial charge is 0.327 e. The Labute approximate surface area is 68.5 Å². The predicted octanol–water partition coefficient (Wildman–Crippen LogP) is -0.122. The molecule has 2 atom stereocenters. The van der Waals surface area contributed by atoms with E-state index in [9.17, 15) is 8.42 Å². The Bertz CT molecular complexity index is 250. The summed E-state index contributed by atoms with van der Waals surface area (Å²) in [5.41, 5.74) is 0. The Kier molecular flexibility index (Phi) is 1.80. The second-order valence-corrected chi connectivity index (χ2v) is 6.62. The summed E-state index contributed by atoms with van der Waals surface area (Å²) < 4.78 is 22.9. The van der Waals surface area contributed by atoms with Crippen LogP contribution in [0.2, 0.25) is 0 Å². The van der Waals surface area contributed by atoms with Crippen LogP contribution in [0.4, 0.5) is 0 Å². The second-order valence-electron chi connectivity index (χ2n) is 4.22. The molecule has 0 saturated carbocycles. The Morgan fingerprint density at radius 3 is 1.82 bits per heavy atom. The smallest absolute Gasteiger partial charge is 0.164 e. The van der Waals surface area contributed by atoms with Crippen molar-refractivity contribution in [3.63, 3.8) is 0 Å². The molecule has 1 saturated heterocycles. The highest BCUT2D eigenvalue weighted by Gasteiger charge is 2.50. The zero-order valence-electron chi connectivity index (χ0n) is 7.53. The average molecular weight is 178 g/mol. The Morgan fingerprint density at radius 1 is 1.27 bits per heavy atom. The number of sulfone groups is 1. The van der Waals surface area contributed by atoms with E-state index in [1.807, 2.05) is 21.1 Å². The van der Waals surface area contributed by atoms with Gasteiger partial charge in [-0.05, 0) is 6.92 Å². The van der Waals surface area contributed by atoms with E-state index in [0.717, 1.165) is 4.48 Å². The first kappa shape index (κ1) is 9.00. The van der Waals surface area contributed by atoms with Crippen LogP contribution < -0.4 is 0 Å². The lowest BCUT2D eigenvalue weighted by Crippen LogP contribution is -2.64. The van der Waals surface area contributed by atoms with Gasteiger partial charge in [-0.2, -0.15) is 0 Å². The summed E-state index contributed by atoms with van der Waals surface area (Å²) >= 11 is 0. The minimum Gasteiger partial charge on any atom is -0.327 e. The van der Waals surface area contributed by atoms with Crippen molar-refractivity contribution in [3.8, 4) is 0 Å². The molecule has 1 fully saturated rings. The summed E-state index contributed by atoms with van der Waals surface area (Å²) in [4.78, 5) is 0. The van der Waals surface area contributed by atoms with Gasteiger partial charge in [-0.3, -0.25) is 0 Å². The van der Waals surface area contributed by atoms with E-state index < -0.39 is 9.84 Å². The number of hydrogen-bond donors (Lipinski definition) is 0. The molecule has 1 aliphatic rings. The second kappa shape index (κ2) is 2.20. The molecule has 0 aromatic rings. The molecule has 0 radical (unpaired) electrons. The van der Waals surface area contributed by atoms with Crippen molar-refractivity contribution < 1.29 is 12.9 Å². The van der Waals surface area contributed by atoms with Crippen molar-refractivity contribution in [1.29, 1.82) is 0 Å². The molecule has 0 aliphatic carbocycles. The first-order valence-corrected chi connectivity index (χ1v) is 5.49. The molecule has 0 spiro atoms. The molecule has 1 heterocycles. The molecule has 1 aliphatic heterocycles. The monoisotopic (exact) mass is 178 g/mol. The van der Waals surface area contributed by atoms with E-state index in [4.69, 9.17) is 0 Å². The molecule has 4 heteroatoms. The van der Waals surface area contributed by atoms with Crippen LogP contribution in [0.3, 0.4) is 0 Å². The third-order valence-corrected chi connectivity index (χ3v) is 4.76. The van der Waals surface area contributed by atoms with Crippen molar-refractivity contribution in [1.82, 2.24) is 0 Å². The molecular formula is C7H16NO2S+. The van der Waals surface area contributed by atoms with Crippen molar-refractivity contribution in [2.75, 3.05) is 26.9 Å². The normalized spacial score (nSPS) is 36.4. The van der Waals surface area contributed by atoms with Crippen LogP contribution in [0.1, 0.15) is 6.92 Å². The summed E-state index contributed by atoms with van der Waals surface area (Å²) in [6, 6.07) is 0.292. The molecular weight excluding hydrogens is 162 g/mol. The van der Waals surface area contributed by atoms with Crippen molar-refractivity contribution in [3.05, 3.63) is 0 Å². The van der Waals surface area contributed by atoms with Gasteiger partial charge in [0.25, 0.3) is 0 Å². The summed E-state index contributed by atoms with van der Waals surface area (Å²) in [6.07, 6.45) is 0. The maximum atomic E-state index is 11.1. The van der Waals surface area contributed by atoms with Crippen LogP contribution in [0.15, 0.2) is 0 Å². The molecule has 1 rings (SSSR count). The van der Waals surface area contributed by atoms with Crippen LogP contribution in [-0.2, 0) is 9.84 Å². The molecule has 66 valence electrons. The molecule has 0 amide bonds. The van der Waals surface area contributed by atoms with E-state index in [2.05, 4.69) is 0 Å². The number of nitrogens with zero attached hydrogens (tertiary/aromatic N) is 1. The van der Waals surface area contributed by atoms with Crippen LogP contribution in [0.5, 0.6) is 0 Å². The predicted molar refractivity (Wildman–Crippen MR) is 45.1 cm³/mol. The maximum Gasteiger partial charge on any atom is 0.164 e. The Balaban J connectivity index is 2.74. The van der Waals surface area contributed by atoms with Gasteiger partial charge in [-0.15, -0.1) is 0 Å². The summed E-state index contributed by atoms with van der Waals surface area (Å²) in [7, 11) is 3.40. The number of quaternary nitrogens is 1. The van der Waals surface area contributed by atoms with Crippen LogP contribution in [0.25, 0.3) is 0 Å². The van der Waals surface area contributed by atoms with E-state index >= 15 is 0 Å². The first-order chi connectivity index (χ1) is 4.75. The highest BCUT2D eigenvalue weighted by atomic mass is 32.2. The molecule has 0 aromatic heterocycles. The molecule has 0 N–H and O–H groups in total. The van der Waals surface area contributed by atoms with Gasteiger partial charge in [-0.1, -0.05) is 0 Å². The Hall–Kier alpha value is -0.0900. The highest BCUT2D eigenvalue weighted by molar-refractivity contribution is 7.93. The van der Waals surface area contributed by atoms with Crippen molar-refractivity contribution in [2.45, 2.75) is 18.2 Å². The van der Waals surface area contributed by atoms with Gasteiger partial charge in [-0.25, -0.2) is 8.42 Å². The summed E-state index contributed by atoms with van der Waals surface area (Å²) in [5, 5.41) is -0.150. The molecule has 0 unspecified atom stereocenters. The average Bonchev–Trinajstić information content (AvgIpc) is 1.80. The lowest BCUT2D eigenvalue weighted by molar-refractivity contribution is -0.894. The van der Waals surface area contributed by atoms with Crippen LogP contribution in [-0.4, -0.2) is 51.1 Å². The molecule has 3 nitrogen and oxygen atoms in total. The third kappa shape index (κ3) is 1.42. The maximum absolute atomic E-state index is 11.1. The zero-order chi connectivity index (χ0) is 8.86. The molecule has 0 aromatic carbocycles. The third-order valence-electron chi connectivity index (χ3n) is 2.51. The Morgan fingerprint density at radius 2 is 1.73 bits per heavy atom. The van der Waals surface area contributed by atoms with Gasteiger partial charge in [0.1, 0.15) is 17.0 Å². The lowest BCUT2D eigenvalue weighted by Gasteiger charge is -2.43. The van der Waals surface area contributed by atoms with Gasteiger partial charge in [0.05, 0.1) is 21.1 Å². The van der Waals surface area contributed by atoms with E-state index in [-0.39, 0.29) is 5.25 Å². The van der Waals surface area contributed by atoms with Crippen molar-refractivity contribution >= 4 is 9.84 Å². The highest BCUT2D eigenvalue weighted by Crippen LogP contribution is 2.27. The minimum absolute atomic E-state index is 0.150. The van der Waals surface area contributed by atoms with Crippen LogP contribution >= 0.6 is 0 Å². The van der Waals surface area contributed by atoms with E-state index in [1.165, 1.54) is 0 Å². The van der Waals surface area contributed by atoms with Gasteiger partial charge < -0.3 is 4.48 Å². The topological polar surface area (TPSA) is 34.1 Å². The number of rotatable bonds is 1. The quantitative estimate of drug-likeness (QED) is 0.525. The van der Waals surface area contributed by atoms with E-state index in [0.29, 0.717) is 11.8 Å². The van der Waals surface area contributed by atoms with Crippen LogP contribution in [0, 0.1) is 0 Å². The fourth-order valence-corrected chi connectivity index (χ4v) is 3.59. The van der Waals surface area contributed by atoms with Gasteiger partial charge >= 0.3 is 0 Å². The SMILES string of the molecule is C[C@H]1[C@@H]([N+](C)(C)C)CS1(=O)=O. The molecule has 11 heavy (non-hydrogen) atoms. The summed E-state index contributed by atoms with van der Waals surface area (Å²) in [6.45, 7) is 1.80. The standard InChI is InChI=1S/C7H16NO2S/c1-6-7(8(2,3)4)5-11(6,9)10/h6-7H,5H2,1-4H3/q+1/t6-,7-/m0/s1. The van der Waals surface area contributed by atoms with E-state index in [1.54, 1.807) is 6.92 Å². The zero-order valence-corrected chi connectivity index (χ0v) is 8.35.